The summed E-state index contributed by atoms with van der Waals surface area (Å²) in [5.41, 5.74) is 7.15. The van der Waals surface area contributed by atoms with Gasteiger partial charge in [-0.25, -0.2) is 4.98 Å². The third-order valence-electron chi connectivity index (χ3n) is 2.76. The highest BCUT2D eigenvalue weighted by atomic mass is 32.2. The number of hydrogen-bond acceptors (Lipinski definition) is 5. The third-order valence-corrected chi connectivity index (χ3v) is 4.78. The maximum absolute atomic E-state index is 6.07. The van der Waals surface area contributed by atoms with E-state index in [1.807, 2.05) is 0 Å². The molecule has 3 rings (SSSR count). The predicted molar refractivity (Wildman–Crippen MR) is 61.9 cm³/mol. The highest BCUT2D eigenvalue weighted by Gasteiger charge is 2.44. The Morgan fingerprint density at radius 2 is 2.14 bits per heavy atom. The van der Waals surface area contributed by atoms with Gasteiger partial charge in [-0.2, -0.15) is 0 Å². The van der Waals surface area contributed by atoms with Gasteiger partial charge in [0, 0.05) is 24.2 Å². The van der Waals surface area contributed by atoms with E-state index in [-0.39, 0.29) is 4.87 Å². The van der Waals surface area contributed by atoms with Gasteiger partial charge in [0.05, 0.1) is 5.69 Å². The highest BCUT2D eigenvalue weighted by Crippen LogP contribution is 2.49. The summed E-state index contributed by atoms with van der Waals surface area (Å²) in [4.78, 5) is 6.85. The first-order chi connectivity index (χ1) is 6.78. The van der Waals surface area contributed by atoms with Crippen LogP contribution >= 0.6 is 23.1 Å². The van der Waals surface area contributed by atoms with Gasteiger partial charge in [-0.05, 0) is 12.8 Å². The van der Waals surface area contributed by atoms with Crippen molar-refractivity contribution in [2.45, 2.75) is 17.7 Å². The Kier molecular flexibility index (Phi) is 2.00. The second kappa shape index (κ2) is 3.12. The van der Waals surface area contributed by atoms with Crippen LogP contribution in [0, 0.1) is 0 Å². The summed E-state index contributed by atoms with van der Waals surface area (Å²) >= 11 is 3.52. The van der Waals surface area contributed by atoms with Gasteiger partial charge in [-0.15, -0.1) is 23.1 Å². The Morgan fingerprint density at radius 3 is 2.79 bits per heavy atom. The number of anilines is 1. The highest BCUT2D eigenvalue weighted by molar-refractivity contribution is 8.07. The van der Waals surface area contributed by atoms with E-state index in [1.54, 1.807) is 23.1 Å². The Bertz CT molecular complexity index is 340. The Balaban J connectivity index is 1.82. The number of thiazole rings is 1. The van der Waals surface area contributed by atoms with E-state index in [4.69, 9.17) is 5.73 Å². The molecular formula is C9H13N3S2. The van der Waals surface area contributed by atoms with Gasteiger partial charge in [0.2, 0.25) is 0 Å². The summed E-state index contributed by atoms with van der Waals surface area (Å²) < 4.78 is 0. The van der Waals surface area contributed by atoms with E-state index in [0.717, 1.165) is 29.7 Å². The van der Waals surface area contributed by atoms with Gasteiger partial charge in [0.1, 0.15) is 4.87 Å². The fourth-order valence-electron chi connectivity index (χ4n) is 1.74. The second-order valence-corrected chi connectivity index (χ2v) is 6.03. The van der Waals surface area contributed by atoms with Crippen molar-refractivity contribution in [3.05, 3.63) is 11.1 Å². The molecule has 14 heavy (non-hydrogen) atoms. The monoisotopic (exact) mass is 227 g/mol. The maximum Gasteiger partial charge on any atom is 0.185 e. The van der Waals surface area contributed by atoms with Crippen LogP contribution in [0.4, 0.5) is 5.13 Å². The van der Waals surface area contributed by atoms with Crippen LogP contribution < -0.4 is 10.6 Å². The molecule has 2 N–H and O–H groups in total. The Hall–Kier alpha value is -0.260. The maximum atomic E-state index is 6.07. The van der Waals surface area contributed by atoms with Crippen molar-refractivity contribution >= 4 is 28.2 Å². The quantitative estimate of drug-likeness (QED) is 0.779. The molecule has 3 heterocycles. The molecule has 1 unspecified atom stereocenters. The minimum absolute atomic E-state index is 0.144. The molecule has 1 aromatic rings. The summed E-state index contributed by atoms with van der Waals surface area (Å²) in [6.45, 7) is 2.33. The minimum atomic E-state index is -0.144. The van der Waals surface area contributed by atoms with Crippen molar-refractivity contribution in [3.8, 4) is 0 Å². The molecule has 0 amide bonds. The first kappa shape index (κ1) is 9.00. The summed E-state index contributed by atoms with van der Waals surface area (Å²) in [5.74, 6) is 1.02. The minimum Gasteiger partial charge on any atom is -0.348 e. The van der Waals surface area contributed by atoms with Crippen LogP contribution in [0.15, 0.2) is 5.38 Å². The Labute approximate surface area is 91.7 Å². The molecular weight excluding hydrogens is 214 g/mol. The molecule has 1 aromatic heterocycles. The zero-order valence-electron chi connectivity index (χ0n) is 7.90. The third kappa shape index (κ3) is 1.43. The molecule has 2 fully saturated rings. The summed E-state index contributed by atoms with van der Waals surface area (Å²) in [7, 11) is 0. The topological polar surface area (TPSA) is 42.1 Å². The lowest BCUT2D eigenvalue weighted by Gasteiger charge is -2.12. The van der Waals surface area contributed by atoms with Crippen molar-refractivity contribution < 1.29 is 0 Å². The number of aromatic nitrogens is 1. The van der Waals surface area contributed by atoms with Gasteiger partial charge in [0.25, 0.3) is 0 Å². The van der Waals surface area contributed by atoms with E-state index >= 15 is 0 Å². The molecule has 3 nitrogen and oxygen atoms in total. The lowest BCUT2D eigenvalue weighted by molar-refractivity contribution is 0.798. The molecule has 0 aromatic carbocycles. The van der Waals surface area contributed by atoms with Crippen LogP contribution in [0.1, 0.15) is 18.5 Å². The zero-order valence-corrected chi connectivity index (χ0v) is 9.53. The standard InChI is InChI=1S/C9H13N3S2/c10-9(6-14-9)7-5-13-8(11-7)12-3-1-2-4-12/h5H,1-4,6,10H2. The Morgan fingerprint density at radius 1 is 1.43 bits per heavy atom. The van der Waals surface area contributed by atoms with Crippen LogP contribution in [-0.4, -0.2) is 23.8 Å². The van der Waals surface area contributed by atoms with Gasteiger partial charge in [0.15, 0.2) is 5.13 Å². The average molecular weight is 227 g/mol. The van der Waals surface area contributed by atoms with Crippen molar-refractivity contribution in [2.75, 3.05) is 23.7 Å². The first-order valence-electron chi connectivity index (χ1n) is 4.92. The van der Waals surface area contributed by atoms with E-state index < -0.39 is 0 Å². The molecule has 0 spiro atoms. The molecule has 1 atom stereocenters. The van der Waals surface area contributed by atoms with E-state index in [1.165, 1.54) is 12.8 Å². The molecule has 0 bridgehead atoms. The number of nitrogens with zero attached hydrogens (tertiary/aromatic N) is 2. The number of rotatable bonds is 2. The van der Waals surface area contributed by atoms with E-state index in [2.05, 4.69) is 15.3 Å². The largest absolute Gasteiger partial charge is 0.348 e. The molecule has 76 valence electrons. The molecule has 2 saturated heterocycles. The summed E-state index contributed by atoms with van der Waals surface area (Å²) in [6, 6.07) is 0. The van der Waals surface area contributed by atoms with Crippen LogP contribution in [0.5, 0.6) is 0 Å². The fourth-order valence-corrected chi connectivity index (χ4v) is 3.33. The molecule has 0 aliphatic carbocycles. The van der Waals surface area contributed by atoms with Gasteiger partial charge in [-0.3, -0.25) is 0 Å². The zero-order chi connectivity index (χ0) is 9.60. The number of hydrogen-bond donors (Lipinski definition) is 1. The SMILES string of the molecule is NC1(c2csc(N3CCCC3)n2)CS1. The summed E-state index contributed by atoms with van der Waals surface area (Å²) in [5, 5.41) is 3.28. The second-order valence-electron chi connectivity index (χ2n) is 3.89. The van der Waals surface area contributed by atoms with Crippen molar-refractivity contribution in [3.63, 3.8) is 0 Å². The van der Waals surface area contributed by atoms with Gasteiger partial charge in [-0.1, -0.05) is 0 Å². The number of nitrogens with two attached hydrogens (primary N) is 1. The smallest absolute Gasteiger partial charge is 0.185 e. The van der Waals surface area contributed by atoms with Crippen LogP contribution in [-0.2, 0) is 4.87 Å². The van der Waals surface area contributed by atoms with Gasteiger partial charge < -0.3 is 10.6 Å². The predicted octanol–water partition coefficient (Wildman–Crippen LogP) is 1.60. The average Bonchev–Trinajstić information content (AvgIpc) is 2.73. The van der Waals surface area contributed by atoms with Crippen LogP contribution in [0.3, 0.4) is 0 Å². The van der Waals surface area contributed by atoms with Gasteiger partial charge >= 0.3 is 0 Å². The molecule has 5 heteroatoms. The lowest BCUT2D eigenvalue weighted by atomic mass is 10.3. The van der Waals surface area contributed by atoms with Crippen molar-refractivity contribution in [2.24, 2.45) is 5.73 Å². The summed E-state index contributed by atoms with van der Waals surface area (Å²) in [6.07, 6.45) is 2.61. The van der Waals surface area contributed by atoms with Crippen molar-refractivity contribution in [1.82, 2.24) is 4.98 Å². The van der Waals surface area contributed by atoms with Crippen LogP contribution in [0.25, 0.3) is 0 Å². The molecule has 0 radical (unpaired) electrons. The lowest BCUT2D eigenvalue weighted by Crippen LogP contribution is -2.21. The van der Waals surface area contributed by atoms with Crippen LogP contribution in [0.2, 0.25) is 0 Å². The fraction of sp³-hybridized carbons (Fsp3) is 0.667. The first-order valence-corrected chi connectivity index (χ1v) is 6.78. The normalized spacial score (nSPS) is 31.1. The molecule has 2 aliphatic rings. The molecule has 0 saturated carbocycles. The van der Waals surface area contributed by atoms with Crippen molar-refractivity contribution in [1.29, 1.82) is 0 Å². The molecule has 2 aliphatic heterocycles. The van der Waals surface area contributed by atoms with E-state index in [0.29, 0.717) is 0 Å². The van der Waals surface area contributed by atoms with E-state index in [9.17, 15) is 0 Å². The number of thioether (sulfide) groups is 1.